The second-order valence-electron chi connectivity index (χ2n) is 6.44. The first-order valence-electron chi connectivity index (χ1n) is 7.98. The summed E-state index contributed by atoms with van der Waals surface area (Å²) in [6, 6.07) is 10.6. The van der Waals surface area contributed by atoms with Gasteiger partial charge in [-0.1, -0.05) is 44.9 Å². The molecule has 0 saturated heterocycles. The first-order chi connectivity index (χ1) is 10.1. The maximum Gasteiger partial charge on any atom is 0.240 e. The van der Waals surface area contributed by atoms with Gasteiger partial charge in [-0.15, -0.1) is 0 Å². The summed E-state index contributed by atoms with van der Waals surface area (Å²) in [5, 5.41) is 4.43. The molecule has 1 saturated carbocycles. The van der Waals surface area contributed by atoms with Gasteiger partial charge in [0.1, 0.15) is 6.54 Å². The van der Waals surface area contributed by atoms with Crippen LogP contribution in [0.4, 0.5) is 0 Å². The number of hydrogen-bond acceptors (Lipinski definition) is 1. The lowest BCUT2D eigenvalue weighted by atomic mass is 9.78. The number of hydrogen-bond donors (Lipinski definition) is 1. The third-order valence-corrected chi connectivity index (χ3v) is 5.05. The van der Waals surface area contributed by atoms with Crippen molar-refractivity contribution in [1.29, 1.82) is 0 Å². The van der Waals surface area contributed by atoms with Gasteiger partial charge in [-0.05, 0) is 35.8 Å². The number of fused-ring (bicyclic) bond motifs is 1. The quantitative estimate of drug-likeness (QED) is 0.918. The molecule has 1 amide bonds. The van der Waals surface area contributed by atoms with Crippen molar-refractivity contribution in [1.82, 2.24) is 9.88 Å². The van der Waals surface area contributed by atoms with Gasteiger partial charge in [0.15, 0.2) is 0 Å². The molecule has 2 aromatic rings. The van der Waals surface area contributed by atoms with Crippen molar-refractivity contribution in [3.8, 4) is 0 Å². The van der Waals surface area contributed by atoms with E-state index in [0.29, 0.717) is 24.4 Å². The lowest BCUT2D eigenvalue weighted by Crippen LogP contribution is -2.44. The SMILES string of the molecule is C[C@H]1[C@H](C)CCC[C@H]1NC(=O)Cn1ccc2ccccc21. The molecule has 1 heterocycles. The molecule has 21 heavy (non-hydrogen) atoms. The van der Waals surface area contributed by atoms with Gasteiger partial charge in [0, 0.05) is 17.8 Å². The summed E-state index contributed by atoms with van der Waals surface area (Å²) in [7, 11) is 0. The van der Waals surface area contributed by atoms with Crippen molar-refractivity contribution in [2.24, 2.45) is 11.8 Å². The zero-order chi connectivity index (χ0) is 14.8. The topological polar surface area (TPSA) is 34.0 Å². The van der Waals surface area contributed by atoms with Crippen molar-refractivity contribution in [3.05, 3.63) is 36.5 Å². The van der Waals surface area contributed by atoms with Gasteiger partial charge in [0.2, 0.25) is 5.91 Å². The van der Waals surface area contributed by atoms with Crippen molar-refractivity contribution < 1.29 is 4.79 Å². The molecule has 0 spiro atoms. The summed E-state index contributed by atoms with van der Waals surface area (Å²) in [6.45, 7) is 4.97. The standard InChI is InChI=1S/C18H24N2O/c1-13-6-5-8-16(14(13)2)19-18(21)12-20-11-10-15-7-3-4-9-17(15)20/h3-4,7,9-11,13-14,16H,5-6,8,12H2,1-2H3,(H,19,21)/t13-,14+,16-/m1/s1. The van der Waals surface area contributed by atoms with Crippen LogP contribution in [0.25, 0.3) is 10.9 Å². The van der Waals surface area contributed by atoms with Crippen LogP contribution in [0.2, 0.25) is 0 Å². The molecule has 0 unspecified atom stereocenters. The van der Waals surface area contributed by atoms with Crippen LogP contribution in [0, 0.1) is 11.8 Å². The zero-order valence-corrected chi connectivity index (χ0v) is 12.9. The number of nitrogens with zero attached hydrogens (tertiary/aromatic N) is 1. The molecule has 3 nitrogen and oxygen atoms in total. The average Bonchev–Trinajstić information content (AvgIpc) is 2.87. The second kappa shape index (κ2) is 5.92. The van der Waals surface area contributed by atoms with Crippen molar-refractivity contribution in [3.63, 3.8) is 0 Å². The Hall–Kier alpha value is -1.77. The molecule has 1 N–H and O–H groups in total. The highest BCUT2D eigenvalue weighted by Crippen LogP contribution is 2.29. The van der Waals surface area contributed by atoms with Crippen LogP contribution in [0.15, 0.2) is 36.5 Å². The molecular formula is C18H24N2O. The van der Waals surface area contributed by atoms with Crippen LogP contribution in [0.1, 0.15) is 33.1 Å². The number of rotatable bonds is 3. The lowest BCUT2D eigenvalue weighted by molar-refractivity contribution is -0.123. The summed E-state index contributed by atoms with van der Waals surface area (Å²) in [6.07, 6.45) is 5.62. The lowest BCUT2D eigenvalue weighted by Gasteiger charge is -2.34. The van der Waals surface area contributed by atoms with E-state index in [-0.39, 0.29) is 5.91 Å². The third-order valence-electron chi connectivity index (χ3n) is 5.05. The van der Waals surface area contributed by atoms with Crippen molar-refractivity contribution in [2.75, 3.05) is 0 Å². The van der Waals surface area contributed by atoms with E-state index in [1.165, 1.54) is 18.2 Å². The van der Waals surface area contributed by atoms with E-state index in [2.05, 4.69) is 37.4 Å². The predicted octanol–water partition coefficient (Wildman–Crippen LogP) is 3.58. The smallest absolute Gasteiger partial charge is 0.240 e. The average molecular weight is 284 g/mol. The minimum Gasteiger partial charge on any atom is -0.352 e. The Morgan fingerprint density at radius 3 is 2.90 bits per heavy atom. The highest BCUT2D eigenvalue weighted by atomic mass is 16.2. The Bertz CT molecular complexity index is 631. The van der Waals surface area contributed by atoms with Gasteiger partial charge < -0.3 is 9.88 Å². The molecule has 0 aliphatic heterocycles. The van der Waals surface area contributed by atoms with Gasteiger partial charge in [0.25, 0.3) is 0 Å². The maximum absolute atomic E-state index is 12.3. The Balaban J connectivity index is 1.66. The highest BCUT2D eigenvalue weighted by molar-refractivity contribution is 5.83. The van der Waals surface area contributed by atoms with Crippen LogP contribution < -0.4 is 5.32 Å². The molecule has 0 radical (unpaired) electrons. The van der Waals surface area contributed by atoms with Crippen molar-refractivity contribution >= 4 is 16.8 Å². The summed E-state index contributed by atoms with van der Waals surface area (Å²) >= 11 is 0. The number of benzene rings is 1. The predicted molar refractivity (Wildman–Crippen MR) is 86.0 cm³/mol. The number of amides is 1. The van der Waals surface area contributed by atoms with E-state index in [0.717, 1.165) is 11.9 Å². The fraction of sp³-hybridized carbons (Fsp3) is 0.500. The first kappa shape index (κ1) is 14.2. The zero-order valence-electron chi connectivity index (χ0n) is 12.9. The van der Waals surface area contributed by atoms with Crippen LogP contribution in [0.5, 0.6) is 0 Å². The molecule has 112 valence electrons. The normalized spacial score (nSPS) is 25.9. The van der Waals surface area contributed by atoms with Crippen LogP contribution in [-0.4, -0.2) is 16.5 Å². The summed E-state index contributed by atoms with van der Waals surface area (Å²) in [4.78, 5) is 12.3. The molecule has 0 bridgehead atoms. The van der Waals surface area contributed by atoms with Gasteiger partial charge in [-0.2, -0.15) is 0 Å². The summed E-state index contributed by atoms with van der Waals surface area (Å²) in [5.41, 5.74) is 1.12. The molecule has 3 atom stereocenters. The molecule has 3 heteroatoms. The van der Waals surface area contributed by atoms with E-state index < -0.39 is 0 Å². The monoisotopic (exact) mass is 284 g/mol. The largest absolute Gasteiger partial charge is 0.352 e. The van der Waals surface area contributed by atoms with E-state index in [4.69, 9.17) is 0 Å². The first-order valence-corrected chi connectivity index (χ1v) is 7.98. The summed E-state index contributed by atoms with van der Waals surface area (Å²) < 4.78 is 2.03. The highest BCUT2D eigenvalue weighted by Gasteiger charge is 2.28. The molecule has 1 aromatic carbocycles. The Kier molecular flexibility index (Phi) is 4.00. The van der Waals surface area contributed by atoms with Crippen LogP contribution in [0.3, 0.4) is 0 Å². The second-order valence-corrected chi connectivity index (χ2v) is 6.44. The minimum absolute atomic E-state index is 0.127. The molecule has 1 fully saturated rings. The number of carbonyl (C=O) groups is 1. The minimum atomic E-state index is 0.127. The number of aromatic nitrogens is 1. The van der Waals surface area contributed by atoms with Gasteiger partial charge in [-0.3, -0.25) is 4.79 Å². The Labute approximate surface area is 126 Å². The van der Waals surface area contributed by atoms with Crippen LogP contribution >= 0.6 is 0 Å². The van der Waals surface area contributed by atoms with E-state index >= 15 is 0 Å². The fourth-order valence-corrected chi connectivity index (χ4v) is 3.47. The summed E-state index contributed by atoms with van der Waals surface area (Å²) in [5.74, 6) is 1.41. The molecule has 1 aromatic heterocycles. The van der Waals surface area contributed by atoms with Crippen molar-refractivity contribution in [2.45, 2.75) is 45.7 Å². The number of carbonyl (C=O) groups excluding carboxylic acids is 1. The van der Waals surface area contributed by atoms with Gasteiger partial charge in [-0.25, -0.2) is 0 Å². The van der Waals surface area contributed by atoms with Gasteiger partial charge in [0.05, 0.1) is 0 Å². The van der Waals surface area contributed by atoms with E-state index in [1.807, 2.05) is 22.9 Å². The molecule has 1 aliphatic carbocycles. The molecule has 1 aliphatic rings. The van der Waals surface area contributed by atoms with Gasteiger partial charge >= 0.3 is 0 Å². The Morgan fingerprint density at radius 1 is 1.24 bits per heavy atom. The molecule has 3 rings (SSSR count). The fourth-order valence-electron chi connectivity index (χ4n) is 3.47. The maximum atomic E-state index is 12.3. The van der Waals surface area contributed by atoms with E-state index in [9.17, 15) is 4.79 Å². The van der Waals surface area contributed by atoms with E-state index in [1.54, 1.807) is 0 Å². The number of nitrogens with one attached hydrogen (secondary N) is 1. The Morgan fingerprint density at radius 2 is 2.05 bits per heavy atom. The molecular weight excluding hydrogens is 260 g/mol. The third kappa shape index (κ3) is 2.97. The van der Waals surface area contributed by atoms with Crippen LogP contribution in [-0.2, 0) is 11.3 Å². The number of para-hydroxylation sites is 1.